The Labute approximate surface area is 129 Å². The van der Waals surface area contributed by atoms with Crippen molar-refractivity contribution in [1.82, 2.24) is 4.90 Å². The molecule has 1 aromatic rings. The average Bonchev–Trinajstić information content (AvgIpc) is 2.93. The number of carbonyl (C=O) groups excluding carboxylic acids is 1. The number of carboxylic acids is 1. The first-order valence-electron chi connectivity index (χ1n) is 7.88. The summed E-state index contributed by atoms with van der Waals surface area (Å²) in [5.74, 6) is -0.620. The number of benzene rings is 1. The van der Waals surface area contributed by atoms with E-state index < -0.39 is 18.1 Å². The molecule has 5 heteroatoms. The van der Waals surface area contributed by atoms with Gasteiger partial charge in [-0.1, -0.05) is 43.2 Å². The lowest BCUT2D eigenvalue weighted by Crippen LogP contribution is -2.46. The monoisotopic (exact) mass is 303 g/mol. The molecule has 0 radical (unpaired) electrons. The minimum absolute atomic E-state index is 0.0260. The van der Waals surface area contributed by atoms with Gasteiger partial charge in [-0.15, -0.1) is 0 Å². The van der Waals surface area contributed by atoms with Crippen molar-refractivity contribution in [2.45, 2.75) is 50.8 Å². The molecular formula is C17H21NO4. The molecule has 1 amide bonds. The van der Waals surface area contributed by atoms with E-state index in [-0.39, 0.29) is 12.6 Å². The van der Waals surface area contributed by atoms with E-state index in [4.69, 9.17) is 4.74 Å². The topological polar surface area (TPSA) is 66.8 Å². The van der Waals surface area contributed by atoms with Crippen LogP contribution in [0.2, 0.25) is 0 Å². The van der Waals surface area contributed by atoms with Crippen molar-refractivity contribution in [3.05, 3.63) is 35.9 Å². The number of fused-ring (bicyclic) bond motifs is 1. The van der Waals surface area contributed by atoms with Gasteiger partial charge >= 0.3 is 12.1 Å². The molecule has 1 aliphatic carbocycles. The van der Waals surface area contributed by atoms with Gasteiger partial charge < -0.3 is 9.84 Å². The van der Waals surface area contributed by atoms with Gasteiger partial charge in [0.1, 0.15) is 12.6 Å². The number of rotatable bonds is 3. The summed E-state index contributed by atoms with van der Waals surface area (Å²) in [6.07, 6.45) is 4.13. The Hall–Kier alpha value is -2.04. The number of carboxylic acid groups (broad SMARTS) is 1. The Morgan fingerprint density at radius 1 is 1.18 bits per heavy atom. The molecular weight excluding hydrogens is 282 g/mol. The molecule has 1 saturated carbocycles. The summed E-state index contributed by atoms with van der Waals surface area (Å²) in [5, 5.41) is 9.42. The highest BCUT2D eigenvalue weighted by Crippen LogP contribution is 2.40. The van der Waals surface area contributed by atoms with E-state index in [0.29, 0.717) is 12.3 Å². The predicted octanol–water partition coefficient (Wildman–Crippen LogP) is 3.04. The zero-order chi connectivity index (χ0) is 15.5. The first-order chi connectivity index (χ1) is 10.7. The summed E-state index contributed by atoms with van der Waals surface area (Å²) >= 11 is 0. The maximum atomic E-state index is 12.4. The van der Waals surface area contributed by atoms with E-state index >= 15 is 0 Å². The normalized spacial score (nSPS) is 27.3. The number of aliphatic carboxylic acids is 1. The maximum Gasteiger partial charge on any atom is 0.411 e. The smallest absolute Gasteiger partial charge is 0.411 e. The van der Waals surface area contributed by atoms with Gasteiger partial charge in [0, 0.05) is 6.04 Å². The van der Waals surface area contributed by atoms with Crippen molar-refractivity contribution in [3.63, 3.8) is 0 Å². The lowest BCUT2D eigenvalue weighted by atomic mass is 9.85. The Kier molecular flexibility index (Phi) is 4.32. The van der Waals surface area contributed by atoms with E-state index in [9.17, 15) is 14.7 Å². The van der Waals surface area contributed by atoms with Crippen LogP contribution in [0.3, 0.4) is 0 Å². The Balaban J connectivity index is 1.69. The van der Waals surface area contributed by atoms with Gasteiger partial charge in [0.25, 0.3) is 0 Å². The van der Waals surface area contributed by atoms with Gasteiger partial charge in [-0.2, -0.15) is 0 Å². The lowest BCUT2D eigenvalue weighted by Gasteiger charge is -2.32. The van der Waals surface area contributed by atoms with E-state index in [2.05, 4.69) is 0 Å². The van der Waals surface area contributed by atoms with Crippen LogP contribution in [0.15, 0.2) is 30.3 Å². The van der Waals surface area contributed by atoms with Crippen LogP contribution >= 0.6 is 0 Å². The summed E-state index contributed by atoms with van der Waals surface area (Å²) in [6, 6.07) is 8.73. The van der Waals surface area contributed by atoms with Crippen molar-refractivity contribution in [2.24, 2.45) is 5.92 Å². The second-order valence-corrected chi connectivity index (χ2v) is 6.15. The van der Waals surface area contributed by atoms with Crippen molar-refractivity contribution in [3.8, 4) is 0 Å². The molecule has 1 aliphatic heterocycles. The van der Waals surface area contributed by atoms with Gasteiger partial charge in [0.15, 0.2) is 0 Å². The molecule has 0 spiro atoms. The SMILES string of the molecule is O=C(O)[C@@H]1C[C@@H]2CCCC[C@@H]2N1C(=O)OCc1ccccc1. The van der Waals surface area contributed by atoms with Gasteiger partial charge in [-0.25, -0.2) is 9.59 Å². The van der Waals surface area contributed by atoms with Crippen LogP contribution in [0.4, 0.5) is 4.79 Å². The van der Waals surface area contributed by atoms with Crippen LogP contribution < -0.4 is 0 Å². The van der Waals surface area contributed by atoms with Gasteiger partial charge in [0.2, 0.25) is 0 Å². The van der Waals surface area contributed by atoms with E-state index in [1.54, 1.807) is 0 Å². The van der Waals surface area contributed by atoms with Gasteiger partial charge in [-0.3, -0.25) is 4.90 Å². The van der Waals surface area contributed by atoms with Crippen molar-refractivity contribution in [1.29, 1.82) is 0 Å². The second-order valence-electron chi connectivity index (χ2n) is 6.15. The molecule has 1 aromatic carbocycles. The van der Waals surface area contributed by atoms with E-state index in [1.165, 1.54) is 4.90 Å². The Morgan fingerprint density at radius 2 is 1.91 bits per heavy atom. The van der Waals surface area contributed by atoms with Crippen molar-refractivity contribution >= 4 is 12.1 Å². The number of ether oxygens (including phenoxy) is 1. The summed E-state index contributed by atoms with van der Waals surface area (Å²) in [6.45, 7) is 0.180. The first-order valence-corrected chi connectivity index (χ1v) is 7.88. The third-order valence-electron chi connectivity index (χ3n) is 4.79. The van der Waals surface area contributed by atoms with E-state index in [0.717, 1.165) is 31.2 Å². The molecule has 0 aromatic heterocycles. The standard InChI is InChI=1S/C17H21NO4/c19-16(20)15-10-13-8-4-5-9-14(13)18(15)17(21)22-11-12-6-2-1-3-7-12/h1-3,6-7,13-15H,4-5,8-11H2,(H,19,20)/t13-,14-,15-/m0/s1. The molecule has 0 unspecified atom stereocenters. The molecule has 1 heterocycles. The summed E-state index contributed by atoms with van der Waals surface area (Å²) in [7, 11) is 0. The molecule has 118 valence electrons. The van der Waals surface area contributed by atoms with Gasteiger partial charge in [0.05, 0.1) is 0 Å². The minimum Gasteiger partial charge on any atom is -0.480 e. The first kappa shape index (κ1) is 14.9. The van der Waals surface area contributed by atoms with Crippen molar-refractivity contribution in [2.75, 3.05) is 0 Å². The average molecular weight is 303 g/mol. The quantitative estimate of drug-likeness (QED) is 0.932. The molecule has 1 saturated heterocycles. The maximum absolute atomic E-state index is 12.4. The summed E-state index contributed by atoms with van der Waals surface area (Å²) in [5.41, 5.74) is 0.905. The number of carbonyl (C=O) groups is 2. The fourth-order valence-corrected chi connectivity index (χ4v) is 3.74. The number of amides is 1. The molecule has 22 heavy (non-hydrogen) atoms. The zero-order valence-electron chi connectivity index (χ0n) is 12.5. The number of hydrogen-bond donors (Lipinski definition) is 1. The third kappa shape index (κ3) is 2.93. The zero-order valence-corrected chi connectivity index (χ0v) is 12.5. The molecule has 2 fully saturated rings. The molecule has 0 bridgehead atoms. The molecule has 3 atom stereocenters. The number of nitrogens with zero attached hydrogens (tertiary/aromatic N) is 1. The van der Waals surface area contributed by atoms with Gasteiger partial charge in [-0.05, 0) is 30.7 Å². The lowest BCUT2D eigenvalue weighted by molar-refractivity contribution is -0.142. The fraction of sp³-hybridized carbons (Fsp3) is 0.529. The number of likely N-dealkylation sites (tertiary alicyclic amines) is 1. The minimum atomic E-state index is -0.925. The third-order valence-corrected chi connectivity index (χ3v) is 4.79. The summed E-state index contributed by atoms with van der Waals surface area (Å²) < 4.78 is 5.37. The Bertz CT molecular complexity index is 545. The van der Waals surface area contributed by atoms with Crippen LogP contribution in [0.5, 0.6) is 0 Å². The molecule has 2 aliphatic rings. The molecule has 1 N–H and O–H groups in total. The predicted molar refractivity (Wildman–Crippen MR) is 80.3 cm³/mol. The highest BCUT2D eigenvalue weighted by Gasteiger charge is 2.48. The fourth-order valence-electron chi connectivity index (χ4n) is 3.74. The van der Waals surface area contributed by atoms with Crippen molar-refractivity contribution < 1.29 is 19.4 Å². The van der Waals surface area contributed by atoms with Crippen LogP contribution in [0.25, 0.3) is 0 Å². The number of hydrogen-bond acceptors (Lipinski definition) is 3. The largest absolute Gasteiger partial charge is 0.480 e. The molecule has 3 rings (SSSR count). The highest BCUT2D eigenvalue weighted by molar-refractivity contribution is 5.81. The Morgan fingerprint density at radius 3 is 2.64 bits per heavy atom. The van der Waals surface area contributed by atoms with Crippen LogP contribution in [0, 0.1) is 5.92 Å². The van der Waals surface area contributed by atoms with E-state index in [1.807, 2.05) is 30.3 Å². The van der Waals surface area contributed by atoms with Crippen LogP contribution in [-0.2, 0) is 16.1 Å². The van der Waals surface area contributed by atoms with Crippen LogP contribution in [-0.4, -0.2) is 34.2 Å². The highest BCUT2D eigenvalue weighted by atomic mass is 16.6. The molecule has 5 nitrogen and oxygen atoms in total. The van der Waals surface area contributed by atoms with Crippen LogP contribution in [0.1, 0.15) is 37.7 Å². The second kappa shape index (κ2) is 6.38. The summed E-state index contributed by atoms with van der Waals surface area (Å²) in [4.78, 5) is 25.4.